The Balaban J connectivity index is 2.41. The Morgan fingerprint density at radius 2 is 1.93 bits per heavy atom. The Morgan fingerprint density at radius 3 is 2.40 bits per heavy atom. The Hall–Kier alpha value is -1.35. The standard InChI is InChI=1S/C12H14N2S/c1-3-10-4-6-11(7-5-10)14-8-9(2)12(15)13-14/h4-8H,3H2,1-2H3,(H,13,15). The van der Waals surface area contributed by atoms with Gasteiger partial charge in [0.05, 0.1) is 5.69 Å². The molecule has 0 aliphatic heterocycles. The van der Waals surface area contributed by atoms with Gasteiger partial charge in [-0.1, -0.05) is 31.3 Å². The number of aryl methyl sites for hydroxylation is 2. The zero-order valence-corrected chi connectivity index (χ0v) is 9.77. The van der Waals surface area contributed by atoms with Crippen LogP contribution in [0.5, 0.6) is 0 Å². The Bertz CT molecular complexity index is 505. The molecule has 0 saturated carbocycles. The second kappa shape index (κ2) is 4.03. The van der Waals surface area contributed by atoms with Gasteiger partial charge in [0, 0.05) is 11.8 Å². The van der Waals surface area contributed by atoms with E-state index in [1.54, 1.807) is 0 Å². The lowest BCUT2D eigenvalue weighted by atomic mass is 10.1. The second-order valence-corrected chi connectivity index (χ2v) is 4.05. The van der Waals surface area contributed by atoms with Gasteiger partial charge in [0.1, 0.15) is 4.64 Å². The third kappa shape index (κ3) is 2.02. The molecule has 2 rings (SSSR count). The lowest BCUT2D eigenvalue weighted by Gasteiger charge is -2.03. The van der Waals surface area contributed by atoms with Crippen LogP contribution in [0.4, 0.5) is 0 Å². The minimum absolute atomic E-state index is 0.801. The van der Waals surface area contributed by atoms with Crippen molar-refractivity contribution in [2.45, 2.75) is 20.3 Å². The van der Waals surface area contributed by atoms with Gasteiger partial charge in [-0.3, -0.25) is 9.78 Å². The molecule has 0 aliphatic carbocycles. The predicted molar refractivity (Wildman–Crippen MR) is 65.1 cm³/mol. The van der Waals surface area contributed by atoms with E-state index < -0.39 is 0 Å². The smallest absolute Gasteiger partial charge is 0.122 e. The first-order valence-corrected chi connectivity index (χ1v) is 5.49. The van der Waals surface area contributed by atoms with Gasteiger partial charge in [0.2, 0.25) is 0 Å². The molecule has 0 saturated heterocycles. The molecule has 0 aliphatic rings. The zero-order valence-electron chi connectivity index (χ0n) is 8.95. The molecule has 1 heterocycles. The van der Waals surface area contributed by atoms with Gasteiger partial charge < -0.3 is 0 Å². The molecular weight excluding hydrogens is 204 g/mol. The summed E-state index contributed by atoms with van der Waals surface area (Å²) < 4.78 is 2.76. The van der Waals surface area contributed by atoms with Crippen molar-refractivity contribution in [3.63, 3.8) is 0 Å². The van der Waals surface area contributed by atoms with Gasteiger partial charge in [-0.05, 0) is 31.0 Å². The van der Waals surface area contributed by atoms with E-state index in [1.807, 2.05) is 17.8 Å². The molecule has 0 spiro atoms. The molecule has 0 atom stereocenters. The lowest BCUT2D eigenvalue weighted by molar-refractivity contribution is 0.873. The van der Waals surface area contributed by atoms with Gasteiger partial charge in [-0.2, -0.15) is 0 Å². The first-order valence-electron chi connectivity index (χ1n) is 5.08. The van der Waals surface area contributed by atoms with Crippen LogP contribution in [0.3, 0.4) is 0 Å². The van der Waals surface area contributed by atoms with Crippen LogP contribution < -0.4 is 0 Å². The predicted octanol–water partition coefficient (Wildman–Crippen LogP) is 3.41. The van der Waals surface area contributed by atoms with E-state index in [0.29, 0.717) is 0 Å². The molecule has 3 heteroatoms. The normalized spacial score (nSPS) is 10.5. The van der Waals surface area contributed by atoms with Gasteiger partial charge in [-0.25, -0.2) is 0 Å². The summed E-state index contributed by atoms with van der Waals surface area (Å²) in [6, 6.07) is 8.48. The molecule has 0 unspecified atom stereocenters. The third-order valence-electron chi connectivity index (χ3n) is 2.53. The molecule has 0 amide bonds. The van der Waals surface area contributed by atoms with Crippen molar-refractivity contribution >= 4 is 12.2 Å². The summed E-state index contributed by atoms with van der Waals surface area (Å²) in [6.45, 7) is 4.16. The van der Waals surface area contributed by atoms with E-state index in [0.717, 1.165) is 22.3 Å². The number of nitrogens with zero attached hydrogens (tertiary/aromatic N) is 1. The monoisotopic (exact) mass is 218 g/mol. The van der Waals surface area contributed by atoms with Gasteiger partial charge >= 0.3 is 0 Å². The largest absolute Gasteiger partial charge is 0.284 e. The minimum Gasteiger partial charge on any atom is -0.284 e. The second-order valence-electron chi connectivity index (χ2n) is 3.64. The fourth-order valence-electron chi connectivity index (χ4n) is 1.51. The number of H-pyrrole nitrogens is 1. The molecule has 2 aromatic rings. The van der Waals surface area contributed by atoms with Gasteiger partial charge in [0.15, 0.2) is 0 Å². The van der Waals surface area contributed by atoms with Gasteiger partial charge in [0.25, 0.3) is 0 Å². The molecule has 1 N–H and O–H groups in total. The fourth-order valence-corrected chi connectivity index (χ4v) is 1.66. The Kier molecular flexibility index (Phi) is 2.73. The number of rotatable bonds is 2. The average molecular weight is 218 g/mol. The molecule has 0 radical (unpaired) electrons. The highest BCUT2D eigenvalue weighted by Gasteiger charge is 1.98. The quantitative estimate of drug-likeness (QED) is 0.766. The van der Waals surface area contributed by atoms with E-state index in [-0.39, 0.29) is 0 Å². The number of hydrogen-bond donors (Lipinski definition) is 1. The van der Waals surface area contributed by atoms with Crippen LogP contribution in [-0.2, 0) is 6.42 Å². The van der Waals surface area contributed by atoms with Crippen molar-refractivity contribution in [1.82, 2.24) is 9.78 Å². The molecular formula is C12H14N2S. The number of aromatic nitrogens is 2. The fraction of sp³-hybridized carbons (Fsp3) is 0.250. The summed E-state index contributed by atoms with van der Waals surface area (Å²) in [4.78, 5) is 0. The van der Waals surface area contributed by atoms with Crippen molar-refractivity contribution in [2.75, 3.05) is 0 Å². The van der Waals surface area contributed by atoms with Crippen LogP contribution in [0.1, 0.15) is 18.1 Å². The van der Waals surface area contributed by atoms with E-state index >= 15 is 0 Å². The first kappa shape index (κ1) is 10.2. The van der Waals surface area contributed by atoms with Crippen LogP contribution in [0.15, 0.2) is 30.5 Å². The van der Waals surface area contributed by atoms with Crippen LogP contribution >= 0.6 is 12.2 Å². The first-order chi connectivity index (χ1) is 7.20. The highest BCUT2D eigenvalue weighted by atomic mass is 32.1. The van der Waals surface area contributed by atoms with Crippen molar-refractivity contribution in [3.05, 3.63) is 46.2 Å². The van der Waals surface area contributed by atoms with Crippen molar-refractivity contribution in [3.8, 4) is 5.69 Å². The summed E-state index contributed by atoms with van der Waals surface area (Å²) in [5.74, 6) is 0. The molecule has 15 heavy (non-hydrogen) atoms. The average Bonchev–Trinajstić information content (AvgIpc) is 2.59. The number of nitrogens with one attached hydrogen (secondary N) is 1. The number of benzene rings is 1. The molecule has 0 bridgehead atoms. The highest BCUT2D eigenvalue weighted by Crippen LogP contribution is 2.11. The number of aromatic amines is 1. The molecule has 78 valence electrons. The van der Waals surface area contributed by atoms with E-state index in [1.165, 1.54) is 5.56 Å². The van der Waals surface area contributed by atoms with Gasteiger partial charge in [-0.15, -0.1) is 0 Å². The molecule has 0 fully saturated rings. The summed E-state index contributed by atoms with van der Waals surface area (Å²) in [5.41, 5.74) is 3.57. The van der Waals surface area contributed by atoms with Crippen LogP contribution in [0.2, 0.25) is 0 Å². The Labute approximate surface area is 94.5 Å². The van der Waals surface area contributed by atoms with Crippen LogP contribution in [-0.4, -0.2) is 9.78 Å². The third-order valence-corrected chi connectivity index (χ3v) is 2.94. The number of hydrogen-bond acceptors (Lipinski definition) is 1. The summed E-state index contributed by atoms with van der Waals surface area (Å²) in [7, 11) is 0. The van der Waals surface area contributed by atoms with E-state index in [4.69, 9.17) is 12.2 Å². The summed E-state index contributed by atoms with van der Waals surface area (Å²) >= 11 is 5.15. The van der Waals surface area contributed by atoms with E-state index in [2.05, 4.69) is 36.3 Å². The molecule has 1 aromatic heterocycles. The summed E-state index contributed by atoms with van der Waals surface area (Å²) in [6.07, 6.45) is 3.09. The molecule has 2 nitrogen and oxygen atoms in total. The minimum atomic E-state index is 0.801. The SMILES string of the molecule is CCc1ccc(-n2cc(C)c(=S)[nH]2)cc1. The Morgan fingerprint density at radius 1 is 1.27 bits per heavy atom. The lowest BCUT2D eigenvalue weighted by Crippen LogP contribution is -1.94. The summed E-state index contributed by atoms with van der Waals surface area (Å²) in [5, 5.41) is 3.13. The van der Waals surface area contributed by atoms with Crippen molar-refractivity contribution in [1.29, 1.82) is 0 Å². The van der Waals surface area contributed by atoms with E-state index in [9.17, 15) is 0 Å². The maximum Gasteiger partial charge on any atom is 0.122 e. The van der Waals surface area contributed by atoms with Crippen molar-refractivity contribution in [2.24, 2.45) is 0 Å². The zero-order chi connectivity index (χ0) is 10.8. The maximum absolute atomic E-state index is 5.15. The molecule has 1 aromatic carbocycles. The topological polar surface area (TPSA) is 20.7 Å². The van der Waals surface area contributed by atoms with Crippen LogP contribution in [0, 0.1) is 11.6 Å². The van der Waals surface area contributed by atoms with Crippen molar-refractivity contribution < 1.29 is 0 Å². The maximum atomic E-state index is 5.15. The van der Waals surface area contributed by atoms with Crippen LogP contribution in [0.25, 0.3) is 5.69 Å². The highest BCUT2D eigenvalue weighted by molar-refractivity contribution is 7.71.